The second kappa shape index (κ2) is 5.88. The molecule has 2 amide bonds. The molecule has 102 valence electrons. The predicted molar refractivity (Wildman–Crippen MR) is 79.9 cm³/mol. The van der Waals surface area contributed by atoms with Crippen molar-refractivity contribution in [2.24, 2.45) is 0 Å². The van der Waals surface area contributed by atoms with E-state index in [-0.39, 0.29) is 6.03 Å². The first-order chi connectivity index (χ1) is 9.06. The van der Waals surface area contributed by atoms with Crippen LogP contribution in [0.3, 0.4) is 0 Å². The summed E-state index contributed by atoms with van der Waals surface area (Å²) in [4.78, 5) is 17.3. The van der Waals surface area contributed by atoms with Crippen molar-refractivity contribution in [1.29, 1.82) is 0 Å². The fraction of sp³-hybridized carbons (Fsp3) is 0.385. The largest absolute Gasteiger partial charge is 0.360 e. The molecule has 0 aliphatic rings. The summed E-state index contributed by atoms with van der Waals surface area (Å²) in [6.07, 6.45) is 0. The summed E-state index contributed by atoms with van der Waals surface area (Å²) in [5, 5.41) is 6.91. The monoisotopic (exact) mass is 278 g/mol. The molecule has 0 aliphatic carbocycles. The number of hydrogen-bond donors (Lipinski definition) is 2. The SMILES string of the molecule is Cc1ccc2nc(NCCNC(=O)N(C)C)sc2c1. The average molecular weight is 278 g/mol. The quantitative estimate of drug-likeness (QED) is 0.844. The van der Waals surface area contributed by atoms with Gasteiger partial charge in [-0.1, -0.05) is 17.4 Å². The molecule has 0 unspecified atom stereocenters. The van der Waals surface area contributed by atoms with E-state index in [1.165, 1.54) is 15.2 Å². The molecule has 0 aliphatic heterocycles. The van der Waals surface area contributed by atoms with Crippen molar-refractivity contribution in [3.05, 3.63) is 23.8 Å². The van der Waals surface area contributed by atoms with E-state index in [9.17, 15) is 4.79 Å². The Kier molecular flexibility index (Phi) is 4.21. The van der Waals surface area contributed by atoms with E-state index in [0.29, 0.717) is 13.1 Å². The molecule has 0 atom stereocenters. The zero-order valence-electron chi connectivity index (χ0n) is 11.4. The molecular formula is C13H18N4OS. The predicted octanol–water partition coefficient (Wildman–Crippen LogP) is 2.29. The standard InChI is InChI=1S/C13H18N4OS/c1-9-4-5-10-11(8-9)19-12(16-10)14-6-7-15-13(18)17(2)3/h4-5,8H,6-7H2,1-3H3,(H,14,16)(H,15,18). The highest BCUT2D eigenvalue weighted by Crippen LogP contribution is 2.26. The van der Waals surface area contributed by atoms with E-state index < -0.39 is 0 Å². The molecule has 2 N–H and O–H groups in total. The smallest absolute Gasteiger partial charge is 0.316 e. The van der Waals surface area contributed by atoms with Gasteiger partial charge in [-0.25, -0.2) is 9.78 Å². The van der Waals surface area contributed by atoms with E-state index in [4.69, 9.17) is 0 Å². The molecule has 2 rings (SSSR count). The van der Waals surface area contributed by atoms with Crippen LogP contribution < -0.4 is 10.6 Å². The number of nitrogens with one attached hydrogen (secondary N) is 2. The number of benzene rings is 1. The Balaban J connectivity index is 1.86. The van der Waals surface area contributed by atoms with Crippen molar-refractivity contribution < 1.29 is 4.79 Å². The number of carbonyl (C=O) groups is 1. The fourth-order valence-electron chi connectivity index (χ4n) is 1.60. The lowest BCUT2D eigenvalue weighted by molar-refractivity contribution is 0.218. The van der Waals surface area contributed by atoms with Gasteiger partial charge < -0.3 is 15.5 Å². The van der Waals surface area contributed by atoms with Crippen LogP contribution >= 0.6 is 11.3 Å². The molecule has 0 radical (unpaired) electrons. The van der Waals surface area contributed by atoms with Crippen molar-refractivity contribution in [1.82, 2.24) is 15.2 Å². The summed E-state index contributed by atoms with van der Waals surface area (Å²) < 4.78 is 1.18. The maximum atomic E-state index is 11.3. The van der Waals surface area contributed by atoms with E-state index in [2.05, 4.69) is 34.7 Å². The maximum Gasteiger partial charge on any atom is 0.316 e. The fourth-order valence-corrected chi connectivity index (χ4v) is 2.59. The van der Waals surface area contributed by atoms with Crippen molar-refractivity contribution in [2.75, 3.05) is 32.5 Å². The molecule has 6 heteroatoms. The molecule has 2 aromatic rings. The summed E-state index contributed by atoms with van der Waals surface area (Å²) >= 11 is 1.63. The Morgan fingerprint density at radius 3 is 2.89 bits per heavy atom. The zero-order valence-corrected chi connectivity index (χ0v) is 12.2. The number of nitrogens with zero attached hydrogens (tertiary/aromatic N) is 2. The molecule has 1 heterocycles. The highest BCUT2D eigenvalue weighted by molar-refractivity contribution is 7.22. The number of anilines is 1. The van der Waals surface area contributed by atoms with Crippen LogP contribution in [0.1, 0.15) is 5.56 Å². The van der Waals surface area contributed by atoms with Crippen LogP contribution in [0.15, 0.2) is 18.2 Å². The minimum atomic E-state index is -0.0817. The average Bonchev–Trinajstić information content (AvgIpc) is 2.75. The van der Waals surface area contributed by atoms with Crippen LogP contribution in [0.4, 0.5) is 9.93 Å². The molecule has 0 saturated carbocycles. The molecule has 0 saturated heterocycles. The number of fused-ring (bicyclic) bond motifs is 1. The van der Waals surface area contributed by atoms with Crippen LogP contribution in [0.25, 0.3) is 10.2 Å². The Labute approximate surface area is 116 Å². The Morgan fingerprint density at radius 2 is 2.16 bits per heavy atom. The second-order valence-electron chi connectivity index (χ2n) is 4.54. The first-order valence-corrected chi connectivity index (χ1v) is 6.94. The highest BCUT2D eigenvalue weighted by Gasteiger charge is 2.04. The van der Waals surface area contributed by atoms with Crippen molar-refractivity contribution >= 4 is 32.7 Å². The van der Waals surface area contributed by atoms with Crippen LogP contribution in [0.5, 0.6) is 0 Å². The van der Waals surface area contributed by atoms with Gasteiger partial charge in [-0.05, 0) is 24.6 Å². The molecule has 1 aromatic carbocycles. The molecule has 0 fully saturated rings. The van der Waals surface area contributed by atoms with Crippen molar-refractivity contribution in [3.63, 3.8) is 0 Å². The normalized spacial score (nSPS) is 10.5. The maximum absolute atomic E-state index is 11.3. The topological polar surface area (TPSA) is 57.3 Å². The number of rotatable bonds is 4. The second-order valence-corrected chi connectivity index (χ2v) is 5.57. The van der Waals surface area contributed by atoms with Crippen LogP contribution in [0, 0.1) is 6.92 Å². The van der Waals surface area contributed by atoms with Crippen molar-refractivity contribution in [3.8, 4) is 0 Å². The summed E-state index contributed by atoms with van der Waals surface area (Å²) in [6.45, 7) is 3.31. The lowest BCUT2D eigenvalue weighted by Crippen LogP contribution is -2.37. The summed E-state index contributed by atoms with van der Waals surface area (Å²) in [7, 11) is 3.44. The van der Waals surface area contributed by atoms with E-state index in [1.807, 2.05) is 6.07 Å². The Hall–Kier alpha value is -1.82. The number of aromatic nitrogens is 1. The van der Waals surface area contributed by atoms with Gasteiger partial charge in [-0.15, -0.1) is 0 Å². The molecule has 5 nitrogen and oxygen atoms in total. The third-order valence-corrected chi connectivity index (χ3v) is 3.60. The van der Waals surface area contributed by atoms with Gasteiger partial charge in [-0.2, -0.15) is 0 Å². The lowest BCUT2D eigenvalue weighted by atomic mass is 10.2. The summed E-state index contributed by atoms with van der Waals surface area (Å²) in [5.74, 6) is 0. The van der Waals surface area contributed by atoms with E-state index in [0.717, 1.165) is 10.6 Å². The van der Waals surface area contributed by atoms with Crippen LogP contribution in [-0.2, 0) is 0 Å². The first-order valence-electron chi connectivity index (χ1n) is 6.12. The zero-order chi connectivity index (χ0) is 13.8. The van der Waals surface area contributed by atoms with Crippen molar-refractivity contribution in [2.45, 2.75) is 6.92 Å². The van der Waals surface area contributed by atoms with E-state index in [1.54, 1.807) is 25.4 Å². The van der Waals surface area contributed by atoms with Gasteiger partial charge in [0.15, 0.2) is 5.13 Å². The summed E-state index contributed by atoms with van der Waals surface area (Å²) in [6, 6.07) is 6.14. The molecule has 0 bridgehead atoms. The highest BCUT2D eigenvalue weighted by atomic mass is 32.1. The van der Waals surface area contributed by atoms with Crippen LogP contribution in [0.2, 0.25) is 0 Å². The minimum absolute atomic E-state index is 0.0817. The third kappa shape index (κ3) is 3.57. The number of thiazole rings is 1. The first kappa shape index (κ1) is 13.6. The number of carbonyl (C=O) groups excluding carboxylic acids is 1. The van der Waals surface area contributed by atoms with Gasteiger partial charge in [0.2, 0.25) is 0 Å². The van der Waals surface area contributed by atoms with E-state index >= 15 is 0 Å². The van der Waals surface area contributed by atoms with Gasteiger partial charge in [0, 0.05) is 27.2 Å². The van der Waals surface area contributed by atoms with Gasteiger partial charge in [0.1, 0.15) is 0 Å². The van der Waals surface area contributed by atoms with Crippen LogP contribution in [-0.4, -0.2) is 43.1 Å². The molecule has 19 heavy (non-hydrogen) atoms. The van der Waals surface area contributed by atoms with Gasteiger partial charge in [0.25, 0.3) is 0 Å². The number of aryl methyl sites for hydroxylation is 1. The van der Waals surface area contributed by atoms with Gasteiger partial charge in [-0.3, -0.25) is 0 Å². The Morgan fingerprint density at radius 1 is 1.37 bits per heavy atom. The molecule has 0 spiro atoms. The minimum Gasteiger partial charge on any atom is -0.360 e. The molecular weight excluding hydrogens is 260 g/mol. The number of hydrogen-bond acceptors (Lipinski definition) is 4. The lowest BCUT2D eigenvalue weighted by Gasteiger charge is -2.11. The van der Waals surface area contributed by atoms with Gasteiger partial charge in [0.05, 0.1) is 10.2 Å². The third-order valence-electron chi connectivity index (χ3n) is 2.63. The van der Waals surface area contributed by atoms with Gasteiger partial charge >= 0.3 is 6.03 Å². The molecule has 1 aromatic heterocycles. The Bertz CT molecular complexity index is 579. The summed E-state index contributed by atoms with van der Waals surface area (Å²) in [5.41, 5.74) is 2.25. The number of amides is 2. The number of urea groups is 1.